The molecule has 3 aromatic rings. The maximum absolute atomic E-state index is 13.4. The molecule has 0 amide bonds. The van der Waals surface area contributed by atoms with E-state index in [-0.39, 0.29) is 23.4 Å². The van der Waals surface area contributed by atoms with Gasteiger partial charge in [-0.25, -0.2) is 9.59 Å². The molecule has 2 aliphatic heterocycles. The Hall–Kier alpha value is -4.43. The summed E-state index contributed by atoms with van der Waals surface area (Å²) in [5, 5.41) is 2.95. The number of nitrogens with zero attached hydrogens (tertiary/aromatic N) is 2. The molecule has 2 aromatic carbocycles. The molecule has 1 unspecified atom stereocenters. The van der Waals surface area contributed by atoms with Crippen LogP contribution < -0.4 is 11.1 Å². The van der Waals surface area contributed by atoms with Gasteiger partial charge in [0.15, 0.2) is 0 Å². The molecule has 8 heteroatoms. The Morgan fingerprint density at radius 1 is 0.929 bits per heavy atom. The largest absolute Gasteiger partial charge is 0.466 e. The summed E-state index contributed by atoms with van der Waals surface area (Å²) in [5.41, 5.74) is 10.4. The summed E-state index contributed by atoms with van der Waals surface area (Å²) >= 11 is 0. The number of esters is 2. The summed E-state index contributed by atoms with van der Waals surface area (Å²) in [5.74, 6) is -1.78. The maximum Gasteiger partial charge on any atom is 0.338 e. The number of allylic oxidation sites excluding steroid dienone is 1. The molecule has 0 aliphatic carbocycles. The number of hydrogen-bond donors (Lipinski definition) is 2. The Kier molecular flexibility index (Phi) is 9.03. The van der Waals surface area contributed by atoms with Crippen LogP contribution in [0.4, 0.5) is 0 Å². The summed E-state index contributed by atoms with van der Waals surface area (Å²) < 4.78 is 10.8. The first-order chi connectivity index (χ1) is 20.4. The van der Waals surface area contributed by atoms with Gasteiger partial charge < -0.3 is 25.4 Å². The predicted molar refractivity (Wildman–Crippen MR) is 161 cm³/mol. The number of methoxy groups -OCH3 is 1. The Balaban J connectivity index is 1.21. The fourth-order valence-corrected chi connectivity index (χ4v) is 6.25. The highest BCUT2D eigenvalue weighted by molar-refractivity contribution is 5.99. The van der Waals surface area contributed by atoms with E-state index in [0.29, 0.717) is 23.4 Å². The molecule has 1 fully saturated rings. The second-order valence-corrected chi connectivity index (χ2v) is 10.8. The van der Waals surface area contributed by atoms with Crippen LogP contribution in [-0.2, 0) is 24.5 Å². The number of benzene rings is 2. The number of carbonyl (C=O) groups excluding carboxylic acids is 2. The number of pyridine rings is 1. The second kappa shape index (κ2) is 13.0. The first-order valence-electron chi connectivity index (χ1n) is 14.4. The van der Waals surface area contributed by atoms with E-state index in [1.807, 2.05) is 0 Å². The highest BCUT2D eigenvalue weighted by Gasteiger charge is 2.40. The van der Waals surface area contributed by atoms with Gasteiger partial charge in [-0.1, -0.05) is 66.7 Å². The zero-order valence-electron chi connectivity index (χ0n) is 24.2. The summed E-state index contributed by atoms with van der Waals surface area (Å²) in [7, 11) is 1.28. The molecular weight excluding hydrogens is 528 g/mol. The molecule has 3 heterocycles. The van der Waals surface area contributed by atoms with E-state index in [4.69, 9.17) is 15.2 Å². The van der Waals surface area contributed by atoms with Crippen molar-refractivity contribution in [3.8, 4) is 0 Å². The highest BCUT2D eigenvalue weighted by Crippen LogP contribution is 2.42. The fourth-order valence-electron chi connectivity index (χ4n) is 6.25. The molecule has 5 rings (SSSR count). The molecule has 42 heavy (non-hydrogen) atoms. The van der Waals surface area contributed by atoms with Crippen LogP contribution in [0, 0.1) is 0 Å². The van der Waals surface area contributed by atoms with Gasteiger partial charge in [0, 0.05) is 23.9 Å². The van der Waals surface area contributed by atoms with Gasteiger partial charge in [0.2, 0.25) is 0 Å². The van der Waals surface area contributed by atoms with Gasteiger partial charge in [-0.15, -0.1) is 0 Å². The van der Waals surface area contributed by atoms with Crippen LogP contribution in [0.5, 0.6) is 0 Å². The Labute approximate surface area is 247 Å². The van der Waals surface area contributed by atoms with Gasteiger partial charge in [0.05, 0.1) is 36.5 Å². The molecule has 8 nitrogen and oxygen atoms in total. The average Bonchev–Trinajstić information content (AvgIpc) is 3.04. The number of carbonyl (C=O) groups is 2. The van der Waals surface area contributed by atoms with Crippen molar-refractivity contribution in [3.63, 3.8) is 0 Å². The number of dihydropyridines is 1. The normalized spacial score (nSPS) is 18.8. The summed E-state index contributed by atoms with van der Waals surface area (Å²) in [6, 6.07) is 26.9. The number of aromatic nitrogens is 1. The molecule has 0 saturated carbocycles. The lowest BCUT2D eigenvalue weighted by molar-refractivity contribution is -0.139. The average molecular weight is 567 g/mol. The zero-order chi connectivity index (χ0) is 29.5. The molecule has 218 valence electrons. The Bertz CT molecular complexity index is 1410. The Morgan fingerprint density at radius 3 is 2.12 bits per heavy atom. The van der Waals surface area contributed by atoms with E-state index >= 15 is 0 Å². The number of ether oxygens (including phenoxy) is 2. The molecule has 0 spiro atoms. The minimum Gasteiger partial charge on any atom is -0.466 e. The van der Waals surface area contributed by atoms with Crippen LogP contribution in [0.15, 0.2) is 108 Å². The maximum atomic E-state index is 13.4. The van der Waals surface area contributed by atoms with Crippen molar-refractivity contribution < 1.29 is 19.1 Å². The van der Waals surface area contributed by atoms with Crippen molar-refractivity contribution in [2.45, 2.75) is 37.5 Å². The van der Waals surface area contributed by atoms with Crippen LogP contribution in [0.1, 0.15) is 48.9 Å². The van der Waals surface area contributed by atoms with Crippen molar-refractivity contribution in [2.24, 2.45) is 5.73 Å². The van der Waals surface area contributed by atoms with E-state index in [2.05, 4.69) is 75.9 Å². The second-order valence-electron chi connectivity index (χ2n) is 10.8. The Morgan fingerprint density at radius 2 is 1.55 bits per heavy atom. The predicted octanol–water partition coefficient (Wildman–Crippen LogP) is 4.40. The lowest BCUT2D eigenvalue weighted by Gasteiger charge is -2.43. The van der Waals surface area contributed by atoms with Crippen LogP contribution in [0.25, 0.3) is 0 Å². The van der Waals surface area contributed by atoms with Crippen LogP contribution in [-0.4, -0.2) is 55.2 Å². The number of nitrogens with two attached hydrogens (primary N) is 1. The van der Waals surface area contributed by atoms with Gasteiger partial charge >= 0.3 is 11.9 Å². The SMILES string of the molecule is COC(=O)C1=C(N)NC(C)=C(C(=O)OCCCN2CCC(c3ccccc3)(c3ccccc3)CC2)C1c1ccccn1. The van der Waals surface area contributed by atoms with Crippen molar-refractivity contribution >= 4 is 11.9 Å². The van der Waals surface area contributed by atoms with Crippen molar-refractivity contribution in [1.82, 2.24) is 15.2 Å². The molecule has 1 saturated heterocycles. The van der Waals surface area contributed by atoms with Crippen LogP contribution in [0.2, 0.25) is 0 Å². The third kappa shape index (κ3) is 5.94. The van der Waals surface area contributed by atoms with E-state index in [0.717, 1.165) is 32.5 Å². The lowest BCUT2D eigenvalue weighted by atomic mass is 9.68. The van der Waals surface area contributed by atoms with Gasteiger partial charge in [-0.05, 0) is 62.5 Å². The van der Waals surface area contributed by atoms with Crippen molar-refractivity contribution in [3.05, 3.63) is 125 Å². The van der Waals surface area contributed by atoms with Gasteiger partial charge in [-0.3, -0.25) is 4.98 Å². The molecule has 1 aromatic heterocycles. The molecule has 0 bridgehead atoms. The van der Waals surface area contributed by atoms with Crippen LogP contribution >= 0.6 is 0 Å². The number of piperidine rings is 1. The third-order valence-electron chi connectivity index (χ3n) is 8.42. The lowest BCUT2D eigenvalue weighted by Crippen LogP contribution is -2.43. The topological polar surface area (TPSA) is 107 Å². The number of rotatable bonds is 9. The first kappa shape index (κ1) is 29.1. The van der Waals surface area contributed by atoms with E-state index in [1.54, 1.807) is 31.3 Å². The summed E-state index contributed by atoms with van der Waals surface area (Å²) in [6.07, 6.45) is 4.36. The van der Waals surface area contributed by atoms with Gasteiger partial charge in [0.1, 0.15) is 5.82 Å². The minimum atomic E-state index is -0.793. The molecular formula is C34H38N4O4. The minimum absolute atomic E-state index is 0.00331. The number of likely N-dealkylation sites (tertiary alicyclic amines) is 1. The van der Waals surface area contributed by atoms with Gasteiger partial charge in [-0.2, -0.15) is 0 Å². The third-order valence-corrected chi connectivity index (χ3v) is 8.42. The summed E-state index contributed by atoms with van der Waals surface area (Å²) in [4.78, 5) is 33.0. The molecule has 2 aliphatic rings. The van der Waals surface area contributed by atoms with Crippen molar-refractivity contribution in [2.75, 3.05) is 33.4 Å². The fraction of sp³-hybridized carbons (Fsp3) is 0.324. The smallest absolute Gasteiger partial charge is 0.338 e. The number of hydrogen-bond acceptors (Lipinski definition) is 8. The molecule has 0 radical (unpaired) electrons. The standard InChI is InChI=1S/C34H38N4O4/c1-24-28(29(27-16-9-10-19-36-27)30(31(35)37-24)32(39)41-2)33(40)42-23-11-20-38-21-17-34(18-22-38,25-12-5-3-6-13-25)26-14-7-4-8-15-26/h3-10,12-16,19,29,37H,11,17-18,20-23,35H2,1-2H3. The first-order valence-corrected chi connectivity index (χ1v) is 14.4. The zero-order valence-corrected chi connectivity index (χ0v) is 24.2. The van der Waals surface area contributed by atoms with Crippen molar-refractivity contribution in [1.29, 1.82) is 0 Å². The van der Waals surface area contributed by atoms with E-state index in [9.17, 15) is 9.59 Å². The summed E-state index contributed by atoms with van der Waals surface area (Å²) in [6.45, 7) is 4.75. The molecule has 1 atom stereocenters. The van der Waals surface area contributed by atoms with Crippen LogP contribution in [0.3, 0.4) is 0 Å². The monoisotopic (exact) mass is 566 g/mol. The quantitative estimate of drug-likeness (QED) is 0.290. The number of nitrogens with one attached hydrogen (secondary N) is 1. The van der Waals surface area contributed by atoms with E-state index < -0.39 is 17.9 Å². The molecule has 3 N–H and O–H groups in total. The van der Waals surface area contributed by atoms with E-state index in [1.165, 1.54) is 18.2 Å². The van der Waals surface area contributed by atoms with Gasteiger partial charge in [0.25, 0.3) is 0 Å². The highest BCUT2D eigenvalue weighted by atomic mass is 16.5.